The number of halogens is 1. The van der Waals surface area contributed by atoms with E-state index in [2.05, 4.69) is 15.9 Å². The van der Waals surface area contributed by atoms with Crippen molar-refractivity contribution in [3.63, 3.8) is 0 Å². The molecular formula is C17H18BrNO2. The molecule has 0 bridgehead atoms. The van der Waals surface area contributed by atoms with E-state index < -0.39 is 0 Å². The molecule has 0 spiro atoms. The lowest BCUT2D eigenvalue weighted by Crippen LogP contribution is -2.27. The van der Waals surface area contributed by atoms with Crippen molar-refractivity contribution in [2.45, 2.75) is 13.0 Å². The molecule has 0 fully saturated rings. The van der Waals surface area contributed by atoms with Gasteiger partial charge in [-0.2, -0.15) is 0 Å². The maximum absolute atomic E-state index is 12.3. The smallest absolute Gasteiger partial charge is 0.227 e. The third-order valence-electron chi connectivity index (χ3n) is 3.28. The third kappa shape index (κ3) is 4.33. The van der Waals surface area contributed by atoms with Crippen molar-refractivity contribution in [2.24, 2.45) is 0 Å². The molecule has 0 N–H and O–H groups in total. The monoisotopic (exact) mass is 347 g/mol. The molecule has 0 aliphatic heterocycles. The van der Waals surface area contributed by atoms with Crippen molar-refractivity contribution < 1.29 is 9.53 Å². The van der Waals surface area contributed by atoms with Crippen LogP contribution in [0.25, 0.3) is 0 Å². The lowest BCUT2D eigenvalue weighted by molar-refractivity contribution is -0.129. The highest BCUT2D eigenvalue weighted by molar-refractivity contribution is 9.10. The zero-order valence-electron chi connectivity index (χ0n) is 12.2. The van der Waals surface area contributed by atoms with Gasteiger partial charge in [0, 0.05) is 18.1 Å². The largest absolute Gasteiger partial charge is 0.497 e. The van der Waals surface area contributed by atoms with Gasteiger partial charge in [-0.15, -0.1) is 0 Å². The molecule has 0 aliphatic carbocycles. The van der Waals surface area contributed by atoms with Gasteiger partial charge >= 0.3 is 0 Å². The molecule has 0 aliphatic rings. The van der Waals surface area contributed by atoms with Crippen LogP contribution in [0.3, 0.4) is 0 Å². The highest BCUT2D eigenvalue weighted by atomic mass is 79.9. The van der Waals surface area contributed by atoms with E-state index in [0.717, 1.165) is 21.3 Å². The Labute approximate surface area is 133 Å². The highest BCUT2D eigenvalue weighted by Crippen LogP contribution is 2.18. The Morgan fingerprint density at radius 3 is 2.67 bits per heavy atom. The number of hydrogen-bond acceptors (Lipinski definition) is 2. The summed E-state index contributed by atoms with van der Waals surface area (Å²) in [6, 6.07) is 15.5. The molecule has 3 nitrogen and oxygen atoms in total. The van der Waals surface area contributed by atoms with Crippen LogP contribution in [0.15, 0.2) is 53.0 Å². The molecule has 0 unspecified atom stereocenters. The molecule has 110 valence electrons. The van der Waals surface area contributed by atoms with Gasteiger partial charge in [-0.05, 0) is 29.3 Å². The van der Waals surface area contributed by atoms with Gasteiger partial charge in [0.2, 0.25) is 5.91 Å². The summed E-state index contributed by atoms with van der Waals surface area (Å²) in [5, 5.41) is 0. The molecule has 0 atom stereocenters. The van der Waals surface area contributed by atoms with Crippen LogP contribution in [-0.4, -0.2) is 25.0 Å². The van der Waals surface area contributed by atoms with Crippen molar-refractivity contribution >= 4 is 21.8 Å². The Bertz CT molecular complexity index is 628. The standard InChI is InChI=1S/C17H18BrNO2/c1-19(12-14-7-3-4-9-16(14)18)17(20)11-13-6-5-8-15(10-13)21-2/h3-10H,11-12H2,1-2H3. The number of nitrogens with zero attached hydrogens (tertiary/aromatic N) is 1. The highest BCUT2D eigenvalue weighted by Gasteiger charge is 2.12. The lowest BCUT2D eigenvalue weighted by Gasteiger charge is -2.18. The second-order valence-electron chi connectivity index (χ2n) is 4.87. The van der Waals surface area contributed by atoms with E-state index in [4.69, 9.17) is 4.74 Å². The fourth-order valence-electron chi connectivity index (χ4n) is 2.06. The Morgan fingerprint density at radius 1 is 1.19 bits per heavy atom. The molecule has 2 rings (SSSR count). The molecule has 1 amide bonds. The average Bonchev–Trinajstić information content (AvgIpc) is 2.49. The predicted octanol–water partition coefficient (Wildman–Crippen LogP) is 3.66. The van der Waals surface area contributed by atoms with Gasteiger partial charge in [0.15, 0.2) is 0 Å². The third-order valence-corrected chi connectivity index (χ3v) is 4.05. The van der Waals surface area contributed by atoms with Crippen LogP contribution >= 0.6 is 15.9 Å². The van der Waals surface area contributed by atoms with Crippen LogP contribution in [0.4, 0.5) is 0 Å². The predicted molar refractivity (Wildman–Crippen MR) is 87.3 cm³/mol. The van der Waals surface area contributed by atoms with Crippen LogP contribution < -0.4 is 4.74 Å². The maximum atomic E-state index is 12.3. The lowest BCUT2D eigenvalue weighted by atomic mass is 10.1. The number of carbonyl (C=O) groups is 1. The number of carbonyl (C=O) groups excluding carboxylic acids is 1. The Balaban J connectivity index is 2.01. The van der Waals surface area contributed by atoms with Gasteiger partial charge in [0.05, 0.1) is 13.5 Å². The zero-order chi connectivity index (χ0) is 15.2. The van der Waals surface area contributed by atoms with E-state index >= 15 is 0 Å². The van der Waals surface area contributed by atoms with E-state index in [1.165, 1.54) is 0 Å². The minimum atomic E-state index is 0.0824. The Morgan fingerprint density at radius 2 is 1.95 bits per heavy atom. The van der Waals surface area contributed by atoms with Crippen LogP contribution in [0.5, 0.6) is 5.75 Å². The van der Waals surface area contributed by atoms with E-state index in [0.29, 0.717) is 13.0 Å². The fraction of sp³-hybridized carbons (Fsp3) is 0.235. The van der Waals surface area contributed by atoms with Crippen LogP contribution in [0, 0.1) is 0 Å². The van der Waals surface area contributed by atoms with Crippen LogP contribution in [-0.2, 0) is 17.8 Å². The summed E-state index contributed by atoms with van der Waals surface area (Å²) < 4.78 is 6.20. The number of hydrogen-bond donors (Lipinski definition) is 0. The Kier molecular flexibility index (Phi) is 5.39. The molecule has 4 heteroatoms. The molecule has 0 radical (unpaired) electrons. The second kappa shape index (κ2) is 7.27. The number of likely N-dealkylation sites (N-methyl/N-ethyl adjacent to an activating group) is 1. The van der Waals surface area contributed by atoms with Gasteiger partial charge < -0.3 is 9.64 Å². The Hall–Kier alpha value is -1.81. The summed E-state index contributed by atoms with van der Waals surface area (Å²) >= 11 is 3.51. The van der Waals surface area contributed by atoms with Gasteiger partial charge in [-0.1, -0.05) is 46.3 Å². The van der Waals surface area contributed by atoms with Gasteiger partial charge in [0.25, 0.3) is 0 Å². The normalized spacial score (nSPS) is 10.2. The number of ether oxygens (including phenoxy) is 1. The van der Waals surface area contributed by atoms with Crippen LogP contribution in [0.2, 0.25) is 0 Å². The molecule has 0 saturated carbocycles. The van der Waals surface area contributed by atoms with Gasteiger partial charge in [-0.3, -0.25) is 4.79 Å². The van der Waals surface area contributed by atoms with Gasteiger partial charge in [-0.25, -0.2) is 0 Å². The first-order valence-corrected chi connectivity index (χ1v) is 7.49. The van der Waals surface area contributed by atoms with Crippen molar-refractivity contribution in [3.05, 3.63) is 64.1 Å². The molecular weight excluding hydrogens is 330 g/mol. The zero-order valence-corrected chi connectivity index (χ0v) is 13.8. The van der Waals surface area contributed by atoms with E-state index in [9.17, 15) is 4.79 Å². The molecule has 2 aromatic carbocycles. The molecule has 2 aromatic rings. The fourth-order valence-corrected chi connectivity index (χ4v) is 2.47. The minimum Gasteiger partial charge on any atom is -0.497 e. The minimum absolute atomic E-state index is 0.0824. The summed E-state index contributed by atoms with van der Waals surface area (Å²) in [6.07, 6.45) is 0.373. The number of benzene rings is 2. The summed E-state index contributed by atoms with van der Waals surface area (Å²) in [6.45, 7) is 0.588. The van der Waals surface area contributed by atoms with Crippen molar-refractivity contribution in [1.82, 2.24) is 4.90 Å². The molecule has 0 heterocycles. The summed E-state index contributed by atoms with van der Waals surface area (Å²) in [5.74, 6) is 0.854. The SMILES string of the molecule is COc1cccc(CC(=O)N(C)Cc2ccccc2Br)c1. The molecule has 21 heavy (non-hydrogen) atoms. The number of rotatable bonds is 5. The summed E-state index contributed by atoms with van der Waals surface area (Å²) in [7, 11) is 3.45. The second-order valence-corrected chi connectivity index (χ2v) is 5.72. The summed E-state index contributed by atoms with van der Waals surface area (Å²) in [5.41, 5.74) is 2.05. The maximum Gasteiger partial charge on any atom is 0.227 e. The molecule has 0 aromatic heterocycles. The number of amides is 1. The van der Waals surface area contributed by atoms with Crippen molar-refractivity contribution in [1.29, 1.82) is 0 Å². The average molecular weight is 348 g/mol. The summed E-state index contributed by atoms with van der Waals surface area (Å²) in [4.78, 5) is 14.0. The topological polar surface area (TPSA) is 29.5 Å². The van der Waals surface area contributed by atoms with Crippen molar-refractivity contribution in [2.75, 3.05) is 14.2 Å². The molecule has 0 saturated heterocycles. The van der Waals surface area contributed by atoms with E-state index in [-0.39, 0.29) is 5.91 Å². The quantitative estimate of drug-likeness (QED) is 0.825. The first-order chi connectivity index (χ1) is 10.1. The van der Waals surface area contributed by atoms with Crippen molar-refractivity contribution in [3.8, 4) is 5.75 Å². The van der Waals surface area contributed by atoms with Crippen LogP contribution in [0.1, 0.15) is 11.1 Å². The van der Waals surface area contributed by atoms with E-state index in [1.54, 1.807) is 12.0 Å². The van der Waals surface area contributed by atoms with E-state index in [1.807, 2.05) is 55.6 Å². The number of methoxy groups -OCH3 is 1. The first-order valence-electron chi connectivity index (χ1n) is 6.70. The van der Waals surface area contributed by atoms with Gasteiger partial charge in [0.1, 0.15) is 5.75 Å². The first kappa shape index (κ1) is 15.6.